The molecule has 0 unspecified atom stereocenters. The van der Waals surface area contributed by atoms with Crippen LogP contribution in [0.3, 0.4) is 0 Å². The average Bonchev–Trinajstić information content (AvgIpc) is 2.42. The van der Waals surface area contributed by atoms with Crippen LogP contribution in [0, 0.1) is 0 Å². The van der Waals surface area contributed by atoms with Gasteiger partial charge >= 0.3 is 11.9 Å². The van der Waals surface area contributed by atoms with Crippen LogP contribution in [0.2, 0.25) is 0 Å². The van der Waals surface area contributed by atoms with Gasteiger partial charge in [-0.1, -0.05) is 0 Å². The lowest BCUT2D eigenvalue weighted by molar-refractivity contribution is -0.160. The van der Waals surface area contributed by atoms with Crippen molar-refractivity contribution in [2.24, 2.45) is 0 Å². The second-order valence-corrected chi connectivity index (χ2v) is 8.44. The van der Waals surface area contributed by atoms with E-state index in [4.69, 9.17) is 9.47 Å². The summed E-state index contributed by atoms with van der Waals surface area (Å²) in [5.74, 6) is -0.775. The molecule has 1 fully saturated rings. The third-order valence-corrected chi connectivity index (χ3v) is 3.43. The van der Waals surface area contributed by atoms with E-state index in [1.54, 1.807) is 20.8 Å². The normalized spacial score (nSPS) is 16.5. The first-order chi connectivity index (χ1) is 11.9. The van der Waals surface area contributed by atoms with Crippen LogP contribution < -0.4 is 5.32 Å². The average molecular weight is 371 g/mol. The molecule has 0 radical (unpaired) electrons. The first kappa shape index (κ1) is 22.4. The molecule has 0 saturated carbocycles. The monoisotopic (exact) mass is 371 g/mol. The zero-order valence-electron chi connectivity index (χ0n) is 16.9. The summed E-state index contributed by atoms with van der Waals surface area (Å²) in [6, 6.07) is 0. The van der Waals surface area contributed by atoms with Crippen LogP contribution in [0.5, 0.6) is 0 Å². The molecule has 1 heterocycles. The Morgan fingerprint density at radius 1 is 1.00 bits per heavy atom. The van der Waals surface area contributed by atoms with E-state index < -0.39 is 17.2 Å². The second-order valence-electron chi connectivity index (χ2n) is 8.44. The van der Waals surface area contributed by atoms with Gasteiger partial charge in [0.2, 0.25) is 5.91 Å². The number of nitrogens with zero attached hydrogens (tertiary/aromatic N) is 2. The van der Waals surface area contributed by atoms with Crippen LogP contribution >= 0.6 is 0 Å². The Kier molecular flexibility index (Phi) is 8.02. The van der Waals surface area contributed by atoms with Gasteiger partial charge in [0, 0.05) is 26.2 Å². The Morgan fingerprint density at radius 2 is 1.58 bits per heavy atom. The fraction of sp³-hybridized carbons (Fsp3) is 0.833. The SMILES string of the molecule is CC(C)(C)OC(=O)CNCCN1CCN(CC(=O)OC(C)(C)C)C(=O)C1. The molecule has 0 aromatic rings. The fourth-order valence-electron chi connectivity index (χ4n) is 2.45. The van der Waals surface area contributed by atoms with Crippen LogP contribution in [0.4, 0.5) is 0 Å². The minimum Gasteiger partial charge on any atom is -0.459 e. The molecule has 1 aliphatic rings. The quantitative estimate of drug-likeness (QED) is 0.512. The summed E-state index contributed by atoms with van der Waals surface area (Å²) < 4.78 is 10.5. The van der Waals surface area contributed by atoms with Crippen molar-refractivity contribution in [3.8, 4) is 0 Å². The molecule has 0 bridgehead atoms. The molecule has 150 valence electrons. The van der Waals surface area contributed by atoms with Gasteiger partial charge in [-0.2, -0.15) is 0 Å². The number of rotatable bonds is 7. The van der Waals surface area contributed by atoms with E-state index in [0.717, 1.165) is 0 Å². The van der Waals surface area contributed by atoms with Gasteiger partial charge in [-0.05, 0) is 41.5 Å². The third kappa shape index (κ3) is 9.72. The minimum atomic E-state index is -0.554. The molecule has 0 aromatic heterocycles. The molecule has 1 saturated heterocycles. The molecular weight excluding hydrogens is 338 g/mol. The number of carbonyl (C=O) groups excluding carboxylic acids is 3. The van der Waals surface area contributed by atoms with Crippen molar-refractivity contribution in [2.75, 3.05) is 45.8 Å². The van der Waals surface area contributed by atoms with E-state index in [1.807, 2.05) is 25.7 Å². The first-order valence-electron chi connectivity index (χ1n) is 9.00. The Morgan fingerprint density at radius 3 is 2.12 bits per heavy atom. The van der Waals surface area contributed by atoms with Gasteiger partial charge in [-0.15, -0.1) is 0 Å². The van der Waals surface area contributed by atoms with Gasteiger partial charge in [0.1, 0.15) is 17.7 Å². The van der Waals surface area contributed by atoms with Gasteiger partial charge in [0.05, 0.1) is 13.1 Å². The fourth-order valence-corrected chi connectivity index (χ4v) is 2.45. The molecular formula is C18H33N3O5. The zero-order chi connectivity index (χ0) is 20.0. The van der Waals surface area contributed by atoms with E-state index in [9.17, 15) is 14.4 Å². The Balaban J connectivity index is 2.25. The maximum atomic E-state index is 12.2. The van der Waals surface area contributed by atoms with Crippen molar-refractivity contribution in [3.05, 3.63) is 0 Å². The summed E-state index contributed by atoms with van der Waals surface area (Å²) in [6.45, 7) is 13.7. The molecule has 0 aromatic carbocycles. The summed E-state index contributed by atoms with van der Waals surface area (Å²) in [5, 5.41) is 3.02. The van der Waals surface area contributed by atoms with Crippen LogP contribution in [0.15, 0.2) is 0 Å². The van der Waals surface area contributed by atoms with E-state index in [-0.39, 0.29) is 31.5 Å². The van der Waals surface area contributed by atoms with Crippen LogP contribution in [-0.2, 0) is 23.9 Å². The molecule has 26 heavy (non-hydrogen) atoms. The second kappa shape index (κ2) is 9.32. The standard InChI is InChI=1S/C18H33N3O5/c1-17(2,3)25-15(23)11-19-7-8-20-9-10-21(14(22)12-20)13-16(24)26-18(4,5)6/h19H,7-13H2,1-6H3. The van der Waals surface area contributed by atoms with Crippen LogP contribution in [-0.4, -0.2) is 84.7 Å². The smallest absolute Gasteiger partial charge is 0.326 e. The maximum absolute atomic E-state index is 12.2. The highest BCUT2D eigenvalue weighted by molar-refractivity contribution is 5.84. The number of carbonyl (C=O) groups is 3. The lowest BCUT2D eigenvalue weighted by Gasteiger charge is -2.34. The van der Waals surface area contributed by atoms with Crippen molar-refractivity contribution >= 4 is 17.8 Å². The number of ether oxygens (including phenoxy) is 2. The summed E-state index contributed by atoms with van der Waals surface area (Å²) in [4.78, 5) is 39.2. The summed E-state index contributed by atoms with van der Waals surface area (Å²) in [5.41, 5.74) is -1.04. The number of nitrogens with one attached hydrogen (secondary N) is 1. The van der Waals surface area contributed by atoms with E-state index in [1.165, 1.54) is 4.90 Å². The van der Waals surface area contributed by atoms with Crippen molar-refractivity contribution in [3.63, 3.8) is 0 Å². The lowest BCUT2D eigenvalue weighted by Crippen LogP contribution is -2.53. The van der Waals surface area contributed by atoms with Gasteiger partial charge in [-0.25, -0.2) is 0 Å². The Hall–Kier alpha value is -1.67. The Bertz CT molecular complexity index is 506. The van der Waals surface area contributed by atoms with Gasteiger partial charge in [0.15, 0.2) is 0 Å². The Labute approximate surface area is 156 Å². The largest absolute Gasteiger partial charge is 0.459 e. The van der Waals surface area contributed by atoms with Crippen molar-refractivity contribution in [1.82, 2.24) is 15.1 Å². The van der Waals surface area contributed by atoms with Crippen LogP contribution in [0.25, 0.3) is 0 Å². The minimum absolute atomic E-state index is 0.0131. The number of hydrogen-bond acceptors (Lipinski definition) is 7. The van der Waals surface area contributed by atoms with Gasteiger partial charge < -0.3 is 19.7 Å². The van der Waals surface area contributed by atoms with E-state index in [2.05, 4.69) is 5.32 Å². The molecule has 0 aliphatic carbocycles. The summed E-state index contributed by atoms with van der Waals surface area (Å²) in [7, 11) is 0. The molecule has 0 atom stereocenters. The predicted octanol–water partition coefficient (Wildman–Crippen LogP) is 0.404. The molecule has 8 heteroatoms. The number of piperazine rings is 1. The first-order valence-corrected chi connectivity index (χ1v) is 9.00. The summed E-state index contributed by atoms with van der Waals surface area (Å²) >= 11 is 0. The molecule has 1 N–H and O–H groups in total. The molecule has 1 aliphatic heterocycles. The molecule has 0 spiro atoms. The van der Waals surface area contributed by atoms with Gasteiger partial charge in [0.25, 0.3) is 0 Å². The lowest BCUT2D eigenvalue weighted by atomic mass is 10.2. The number of amides is 1. The molecule has 8 nitrogen and oxygen atoms in total. The highest BCUT2D eigenvalue weighted by Crippen LogP contribution is 2.09. The predicted molar refractivity (Wildman–Crippen MR) is 97.6 cm³/mol. The van der Waals surface area contributed by atoms with Crippen LogP contribution in [0.1, 0.15) is 41.5 Å². The maximum Gasteiger partial charge on any atom is 0.326 e. The zero-order valence-corrected chi connectivity index (χ0v) is 16.9. The molecule has 1 amide bonds. The van der Waals surface area contributed by atoms with Crippen molar-refractivity contribution < 1.29 is 23.9 Å². The van der Waals surface area contributed by atoms with Gasteiger partial charge in [-0.3, -0.25) is 19.3 Å². The molecule has 1 rings (SSSR count). The van der Waals surface area contributed by atoms with E-state index in [0.29, 0.717) is 26.2 Å². The highest BCUT2D eigenvalue weighted by atomic mass is 16.6. The van der Waals surface area contributed by atoms with Crippen molar-refractivity contribution in [2.45, 2.75) is 52.7 Å². The number of esters is 2. The third-order valence-electron chi connectivity index (χ3n) is 3.43. The summed E-state index contributed by atoms with van der Waals surface area (Å²) in [6.07, 6.45) is 0. The van der Waals surface area contributed by atoms with E-state index >= 15 is 0 Å². The highest BCUT2D eigenvalue weighted by Gasteiger charge is 2.27. The topological polar surface area (TPSA) is 88.2 Å². The van der Waals surface area contributed by atoms with Crippen molar-refractivity contribution in [1.29, 1.82) is 0 Å². The number of hydrogen-bond donors (Lipinski definition) is 1.